The fraction of sp³-hybridized carbons (Fsp3) is 0.611. The summed E-state index contributed by atoms with van der Waals surface area (Å²) in [5.74, 6) is -0.247. The maximum atomic E-state index is 13.1. The van der Waals surface area contributed by atoms with Crippen molar-refractivity contribution in [2.45, 2.75) is 50.6 Å². The number of hydrogen-bond acceptors (Lipinski definition) is 6. The number of carbonyl (C=O) groups is 1. The second kappa shape index (κ2) is 8.79. The van der Waals surface area contributed by atoms with Crippen LogP contribution < -0.4 is 9.46 Å². The van der Waals surface area contributed by atoms with Gasteiger partial charge in [0.15, 0.2) is 9.84 Å². The van der Waals surface area contributed by atoms with Crippen LogP contribution in [0.1, 0.15) is 44.0 Å². The van der Waals surface area contributed by atoms with Gasteiger partial charge in [-0.15, -0.1) is 0 Å². The number of benzene rings is 1. The van der Waals surface area contributed by atoms with Gasteiger partial charge in [-0.2, -0.15) is 0 Å². The van der Waals surface area contributed by atoms with E-state index < -0.39 is 25.9 Å². The van der Waals surface area contributed by atoms with E-state index in [0.717, 1.165) is 0 Å². The number of nitrogens with zero attached hydrogens (tertiary/aromatic N) is 1. The Balaban J connectivity index is 2.42. The minimum Gasteiger partial charge on any atom is -0.495 e. The smallest absolute Gasteiger partial charge is 0.254 e. The standard InChI is InChI=1S/C18H28N2O6S2/c1-5-9-20(15-8-10-27(22,23)12-15)18(21)14-6-7-16(26-4)17(11-14)28(24,25)19-13(2)3/h6-7,11,13,15,19H,5,8-10,12H2,1-4H3. The Hall–Kier alpha value is -1.65. The van der Waals surface area contributed by atoms with Gasteiger partial charge in [0, 0.05) is 24.2 Å². The SMILES string of the molecule is CCCN(C(=O)c1ccc(OC)c(S(=O)(=O)NC(C)C)c1)C1CCS(=O)(=O)C1. The number of sulfonamides is 1. The lowest BCUT2D eigenvalue weighted by Gasteiger charge is -2.28. The summed E-state index contributed by atoms with van der Waals surface area (Å²) in [4.78, 5) is 14.5. The first-order chi connectivity index (χ1) is 13.0. The highest BCUT2D eigenvalue weighted by molar-refractivity contribution is 7.91. The van der Waals surface area contributed by atoms with Crippen molar-refractivity contribution in [3.63, 3.8) is 0 Å². The van der Waals surface area contributed by atoms with E-state index in [0.29, 0.717) is 19.4 Å². The lowest BCUT2D eigenvalue weighted by molar-refractivity contribution is 0.0696. The third kappa shape index (κ3) is 5.24. The molecule has 0 radical (unpaired) electrons. The number of ether oxygens (including phenoxy) is 1. The Bertz CT molecular complexity index is 925. The van der Waals surface area contributed by atoms with Gasteiger partial charge in [0.2, 0.25) is 10.0 Å². The Morgan fingerprint density at radius 3 is 2.54 bits per heavy atom. The molecule has 1 unspecified atom stereocenters. The van der Waals surface area contributed by atoms with Crippen LogP contribution >= 0.6 is 0 Å². The number of amides is 1. The van der Waals surface area contributed by atoms with Crippen molar-refractivity contribution in [3.05, 3.63) is 23.8 Å². The zero-order valence-electron chi connectivity index (χ0n) is 16.6. The van der Waals surface area contributed by atoms with Crippen LogP contribution in [0.15, 0.2) is 23.1 Å². The summed E-state index contributed by atoms with van der Waals surface area (Å²) in [6, 6.07) is 3.51. The van der Waals surface area contributed by atoms with Crippen molar-refractivity contribution in [1.29, 1.82) is 0 Å². The average molecular weight is 433 g/mol. The van der Waals surface area contributed by atoms with Gasteiger partial charge in [-0.1, -0.05) is 6.92 Å². The van der Waals surface area contributed by atoms with E-state index in [1.165, 1.54) is 25.3 Å². The topological polar surface area (TPSA) is 110 Å². The monoisotopic (exact) mass is 432 g/mol. The van der Waals surface area contributed by atoms with E-state index in [9.17, 15) is 21.6 Å². The van der Waals surface area contributed by atoms with Gasteiger partial charge >= 0.3 is 0 Å². The Kier molecular flexibility index (Phi) is 7.11. The maximum absolute atomic E-state index is 13.1. The van der Waals surface area contributed by atoms with Crippen molar-refractivity contribution in [2.24, 2.45) is 0 Å². The van der Waals surface area contributed by atoms with Crippen molar-refractivity contribution >= 4 is 25.8 Å². The van der Waals surface area contributed by atoms with Crippen LogP contribution in [0.2, 0.25) is 0 Å². The molecule has 0 aromatic heterocycles. The van der Waals surface area contributed by atoms with Crippen LogP contribution in [0.4, 0.5) is 0 Å². The van der Waals surface area contributed by atoms with Gasteiger partial charge < -0.3 is 9.64 Å². The molecule has 0 spiro atoms. The van der Waals surface area contributed by atoms with Crippen molar-refractivity contribution < 1.29 is 26.4 Å². The first kappa shape index (κ1) is 22.6. The molecular weight excluding hydrogens is 404 g/mol. The molecule has 28 heavy (non-hydrogen) atoms. The molecule has 1 atom stereocenters. The fourth-order valence-corrected chi connectivity index (χ4v) is 6.45. The van der Waals surface area contributed by atoms with Crippen LogP contribution in [0.25, 0.3) is 0 Å². The van der Waals surface area contributed by atoms with Gasteiger partial charge in [-0.05, 0) is 44.9 Å². The molecule has 10 heteroatoms. The first-order valence-corrected chi connectivity index (χ1v) is 12.5. The molecule has 158 valence electrons. The molecule has 1 aromatic carbocycles. The highest BCUT2D eigenvalue weighted by atomic mass is 32.2. The molecule has 0 saturated carbocycles. The number of methoxy groups -OCH3 is 1. The number of rotatable bonds is 8. The molecular formula is C18H28N2O6S2. The third-order valence-corrected chi connectivity index (χ3v) is 7.90. The first-order valence-electron chi connectivity index (χ1n) is 9.22. The number of nitrogens with one attached hydrogen (secondary N) is 1. The van der Waals surface area contributed by atoms with Crippen LogP contribution in [0.5, 0.6) is 5.75 Å². The summed E-state index contributed by atoms with van der Waals surface area (Å²) in [5.41, 5.74) is 0.183. The van der Waals surface area contributed by atoms with Crippen molar-refractivity contribution in [2.75, 3.05) is 25.2 Å². The van der Waals surface area contributed by atoms with Gasteiger partial charge in [0.1, 0.15) is 10.6 Å². The summed E-state index contributed by atoms with van der Waals surface area (Å²) >= 11 is 0. The summed E-state index contributed by atoms with van der Waals surface area (Å²) in [5, 5.41) is 0. The molecule has 1 aliphatic heterocycles. The van der Waals surface area contributed by atoms with Crippen LogP contribution in [-0.2, 0) is 19.9 Å². The number of sulfone groups is 1. The Morgan fingerprint density at radius 2 is 2.04 bits per heavy atom. The quantitative estimate of drug-likeness (QED) is 0.665. The summed E-state index contributed by atoms with van der Waals surface area (Å²) in [6.45, 7) is 5.70. The van der Waals surface area contributed by atoms with E-state index >= 15 is 0 Å². The molecule has 8 nitrogen and oxygen atoms in total. The van der Waals surface area contributed by atoms with Gasteiger partial charge in [0.05, 0.1) is 18.6 Å². The minimum absolute atomic E-state index is 0.0606. The Labute approximate surface area is 167 Å². The number of hydrogen-bond donors (Lipinski definition) is 1. The third-order valence-electron chi connectivity index (χ3n) is 4.47. The highest BCUT2D eigenvalue weighted by Crippen LogP contribution is 2.27. The predicted octanol–water partition coefficient (Wildman–Crippen LogP) is 1.42. The van der Waals surface area contributed by atoms with E-state index in [1.807, 2.05) is 6.92 Å². The summed E-state index contributed by atoms with van der Waals surface area (Å²) in [7, 11) is -5.67. The zero-order valence-corrected chi connectivity index (χ0v) is 18.3. The van der Waals surface area contributed by atoms with Gasteiger partial charge in [0.25, 0.3) is 5.91 Å². The lowest BCUT2D eigenvalue weighted by Crippen LogP contribution is -2.41. The molecule has 1 aromatic rings. The summed E-state index contributed by atoms with van der Waals surface area (Å²) in [6.07, 6.45) is 1.06. The van der Waals surface area contributed by atoms with Crippen LogP contribution in [0, 0.1) is 0 Å². The minimum atomic E-state index is -3.88. The number of carbonyl (C=O) groups excluding carboxylic acids is 1. The van der Waals surface area contributed by atoms with E-state index in [-0.39, 0.29) is 39.7 Å². The van der Waals surface area contributed by atoms with Gasteiger partial charge in [-0.3, -0.25) is 4.79 Å². The largest absolute Gasteiger partial charge is 0.495 e. The van der Waals surface area contributed by atoms with Crippen molar-refractivity contribution in [3.8, 4) is 5.75 Å². The lowest BCUT2D eigenvalue weighted by atomic mass is 10.1. The molecule has 1 amide bonds. The normalized spacial score (nSPS) is 19.0. The highest BCUT2D eigenvalue weighted by Gasteiger charge is 2.35. The van der Waals surface area contributed by atoms with Crippen molar-refractivity contribution in [1.82, 2.24) is 9.62 Å². The average Bonchev–Trinajstić information content (AvgIpc) is 2.97. The molecule has 1 heterocycles. The molecule has 0 bridgehead atoms. The Morgan fingerprint density at radius 1 is 1.36 bits per heavy atom. The molecule has 2 rings (SSSR count). The van der Waals surface area contributed by atoms with E-state index in [4.69, 9.17) is 4.74 Å². The second-order valence-electron chi connectivity index (χ2n) is 7.20. The van der Waals surface area contributed by atoms with E-state index in [2.05, 4.69) is 4.72 Å². The summed E-state index contributed by atoms with van der Waals surface area (Å²) < 4.78 is 56.6. The molecule has 1 saturated heterocycles. The maximum Gasteiger partial charge on any atom is 0.254 e. The van der Waals surface area contributed by atoms with Crippen LogP contribution in [-0.4, -0.2) is 64.9 Å². The second-order valence-corrected chi connectivity index (χ2v) is 11.1. The van der Waals surface area contributed by atoms with E-state index in [1.54, 1.807) is 18.7 Å². The zero-order chi connectivity index (χ0) is 21.1. The molecule has 0 aliphatic carbocycles. The van der Waals surface area contributed by atoms with Gasteiger partial charge in [-0.25, -0.2) is 21.6 Å². The molecule has 1 aliphatic rings. The predicted molar refractivity (Wildman–Crippen MR) is 107 cm³/mol. The molecule has 1 fully saturated rings. The molecule has 1 N–H and O–H groups in total. The van der Waals surface area contributed by atoms with Crippen LogP contribution in [0.3, 0.4) is 0 Å². The fourth-order valence-electron chi connectivity index (χ4n) is 3.27.